The van der Waals surface area contributed by atoms with E-state index in [0.717, 1.165) is 11.1 Å². The molecule has 0 unspecified atom stereocenters. The molecule has 2 aliphatic carbocycles. The fourth-order valence-corrected chi connectivity index (χ4v) is 7.81. The summed E-state index contributed by atoms with van der Waals surface area (Å²) in [6.07, 6.45) is 9.57. The second-order valence-electron chi connectivity index (χ2n) is 4.74. The van der Waals surface area contributed by atoms with Crippen LogP contribution in [0.4, 0.5) is 0 Å². The van der Waals surface area contributed by atoms with Crippen LogP contribution in [-0.2, 0) is 8.85 Å². The summed E-state index contributed by atoms with van der Waals surface area (Å²) in [5.74, 6) is 0. The molecule has 0 saturated heterocycles. The Labute approximate surface area is 88.2 Å². The Morgan fingerprint density at radius 2 is 1.21 bits per heavy atom. The molecular weight excluding hydrogens is 192 g/mol. The molecule has 0 aliphatic heterocycles. The molecule has 0 aromatic rings. The van der Waals surface area contributed by atoms with Gasteiger partial charge in [0.05, 0.1) is 0 Å². The van der Waals surface area contributed by atoms with Gasteiger partial charge < -0.3 is 8.85 Å². The van der Waals surface area contributed by atoms with Gasteiger partial charge in [-0.1, -0.05) is 19.3 Å². The van der Waals surface area contributed by atoms with E-state index >= 15 is 0 Å². The van der Waals surface area contributed by atoms with E-state index in [2.05, 4.69) is 0 Å². The fraction of sp³-hybridized carbons (Fsp3) is 1.00. The zero-order chi connectivity index (χ0) is 10.0. The average molecular weight is 214 g/mol. The van der Waals surface area contributed by atoms with Crippen molar-refractivity contribution < 1.29 is 8.85 Å². The average Bonchev–Trinajstić information content (AvgIpc) is 2.64. The highest BCUT2D eigenvalue weighted by molar-refractivity contribution is 6.70. The topological polar surface area (TPSA) is 18.5 Å². The van der Waals surface area contributed by atoms with Gasteiger partial charge in [0.2, 0.25) is 0 Å². The standard InChI is InChI=1S/C11H22O2Si/c1-12-14(13-2,11-8-5-9-11)10-6-3-4-7-10/h10-11H,3-9H2,1-2H3. The summed E-state index contributed by atoms with van der Waals surface area (Å²) >= 11 is 0. The van der Waals surface area contributed by atoms with Crippen LogP contribution in [0.25, 0.3) is 0 Å². The van der Waals surface area contributed by atoms with Crippen molar-refractivity contribution in [2.24, 2.45) is 0 Å². The normalized spacial score (nSPS) is 25.3. The SMILES string of the molecule is CO[Si](OC)(C1CCCC1)C1CCC1. The molecule has 0 aromatic heterocycles. The molecule has 0 amide bonds. The highest BCUT2D eigenvalue weighted by Crippen LogP contribution is 2.51. The molecule has 2 nitrogen and oxygen atoms in total. The maximum absolute atomic E-state index is 5.89. The minimum Gasteiger partial charge on any atom is -0.397 e. The van der Waals surface area contributed by atoms with Crippen LogP contribution in [0.1, 0.15) is 44.9 Å². The van der Waals surface area contributed by atoms with E-state index < -0.39 is 8.56 Å². The van der Waals surface area contributed by atoms with Crippen LogP contribution in [-0.4, -0.2) is 22.8 Å². The van der Waals surface area contributed by atoms with Gasteiger partial charge in [-0.25, -0.2) is 0 Å². The molecule has 2 rings (SSSR count). The molecule has 0 bridgehead atoms. The number of hydrogen-bond acceptors (Lipinski definition) is 2. The molecule has 2 fully saturated rings. The summed E-state index contributed by atoms with van der Waals surface area (Å²) < 4.78 is 11.8. The van der Waals surface area contributed by atoms with Gasteiger partial charge in [0.1, 0.15) is 0 Å². The first-order valence-corrected chi connectivity index (χ1v) is 7.91. The Morgan fingerprint density at radius 3 is 1.50 bits per heavy atom. The minimum atomic E-state index is -1.83. The first-order chi connectivity index (χ1) is 6.83. The fourth-order valence-electron chi connectivity index (χ4n) is 3.22. The maximum atomic E-state index is 5.89. The summed E-state index contributed by atoms with van der Waals surface area (Å²) in [5, 5.41) is 0. The predicted octanol–water partition coefficient (Wildman–Crippen LogP) is 3.22. The Hall–Kier alpha value is 0.137. The molecule has 0 aromatic carbocycles. The van der Waals surface area contributed by atoms with Gasteiger partial charge in [0, 0.05) is 25.3 Å². The number of hydrogen-bond donors (Lipinski definition) is 0. The summed E-state index contributed by atoms with van der Waals surface area (Å²) in [6.45, 7) is 0. The molecule has 14 heavy (non-hydrogen) atoms. The molecule has 2 saturated carbocycles. The van der Waals surface area contributed by atoms with E-state index in [9.17, 15) is 0 Å². The predicted molar refractivity (Wildman–Crippen MR) is 59.6 cm³/mol. The lowest BCUT2D eigenvalue weighted by molar-refractivity contribution is 0.195. The van der Waals surface area contributed by atoms with Crippen molar-refractivity contribution in [3.63, 3.8) is 0 Å². The third kappa shape index (κ3) is 1.55. The maximum Gasteiger partial charge on any atom is 0.344 e. The molecule has 2 aliphatic rings. The summed E-state index contributed by atoms with van der Waals surface area (Å²) in [6, 6.07) is 0. The molecule has 0 spiro atoms. The second-order valence-corrected chi connectivity index (χ2v) is 8.63. The quantitative estimate of drug-likeness (QED) is 0.669. The smallest absolute Gasteiger partial charge is 0.344 e. The lowest BCUT2D eigenvalue weighted by Crippen LogP contribution is -2.51. The van der Waals surface area contributed by atoms with Gasteiger partial charge in [-0.3, -0.25) is 0 Å². The van der Waals surface area contributed by atoms with Crippen LogP contribution in [0.15, 0.2) is 0 Å². The van der Waals surface area contributed by atoms with Gasteiger partial charge in [-0.15, -0.1) is 0 Å². The Bertz CT molecular complexity index is 182. The molecule has 3 heteroatoms. The zero-order valence-electron chi connectivity index (χ0n) is 9.42. The van der Waals surface area contributed by atoms with E-state index in [-0.39, 0.29) is 0 Å². The highest BCUT2D eigenvalue weighted by atomic mass is 28.4. The summed E-state index contributed by atoms with van der Waals surface area (Å²) in [7, 11) is 1.94. The molecule has 0 N–H and O–H groups in total. The van der Waals surface area contributed by atoms with Crippen LogP contribution in [0.3, 0.4) is 0 Å². The Balaban J connectivity index is 2.09. The zero-order valence-corrected chi connectivity index (χ0v) is 10.4. The van der Waals surface area contributed by atoms with E-state index in [0.29, 0.717) is 0 Å². The molecule has 82 valence electrons. The van der Waals surface area contributed by atoms with Crippen molar-refractivity contribution in [2.45, 2.75) is 56.0 Å². The third-order valence-corrected chi connectivity index (χ3v) is 8.94. The van der Waals surface area contributed by atoms with Crippen LogP contribution in [0.2, 0.25) is 11.1 Å². The molecule has 0 radical (unpaired) electrons. The van der Waals surface area contributed by atoms with E-state index in [1.165, 1.54) is 44.9 Å². The van der Waals surface area contributed by atoms with Crippen LogP contribution in [0.5, 0.6) is 0 Å². The van der Waals surface area contributed by atoms with Crippen molar-refractivity contribution in [2.75, 3.05) is 14.2 Å². The molecule has 0 atom stereocenters. The van der Waals surface area contributed by atoms with Gasteiger partial charge >= 0.3 is 8.56 Å². The van der Waals surface area contributed by atoms with E-state index in [1.54, 1.807) is 0 Å². The lowest BCUT2D eigenvalue weighted by Gasteiger charge is -2.43. The lowest BCUT2D eigenvalue weighted by atomic mass is 10.00. The van der Waals surface area contributed by atoms with Crippen molar-refractivity contribution >= 4 is 8.56 Å². The first kappa shape index (κ1) is 10.6. The molecule has 0 heterocycles. The minimum absolute atomic E-state index is 0.780. The Kier molecular flexibility index (Phi) is 3.29. The van der Waals surface area contributed by atoms with Crippen LogP contribution >= 0.6 is 0 Å². The van der Waals surface area contributed by atoms with Crippen molar-refractivity contribution in [1.29, 1.82) is 0 Å². The van der Waals surface area contributed by atoms with Crippen molar-refractivity contribution in [3.05, 3.63) is 0 Å². The van der Waals surface area contributed by atoms with Crippen LogP contribution in [0, 0.1) is 0 Å². The summed E-state index contributed by atoms with van der Waals surface area (Å²) in [4.78, 5) is 0. The first-order valence-electron chi connectivity index (χ1n) is 5.94. The van der Waals surface area contributed by atoms with Crippen LogP contribution < -0.4 is 0 Å². The van der Waals surface area contributed by atoms with E-state index in [4.69, 9.17) is 8.85 Å². The monoisotopic (exact) mass is 214 g/mol. The highest BCUT2D eigenvalue weighted by Gasteiger charge is 2.53. The third-order valence-electron chi connectivity index (χ3n) is 4.24. The van der Waals surface area contributed by atoms with Gasteiger partial charge in [-0.05, 0) is 25.7 Å². The van der Waals surface area contributed by atoms with Crippen molar-refractivity contribution in [3.8, 4) is 0 Å². The van der Waals surface area contributed by atoms with Gasteiger partial charge in [-0.2, -0.15) is 0 Å². The second kappa shape index (κ2) is 4.33. The van der Waals surface area contributed by atoms with Gasteiger partial charge in [0.15, 0.2) is 0 Å². The number of rotatable bonds is 4. The molecular formula is C11H22O2Si. The largest absolute Gasteiger partial charge is 0.397 e. The summed E-state index contributed by atoms with van der Waals surface area (Å²) in [5.41, 5.74) is 1.57. The van der Waals surface area contributed by atoms with Crippen molar-refractivity contribution in [1.82, 2.24) is 0 Å². The Morgan fingerprint density at radius 1 is 0.786 bits per heavy atom. The van der Waals surface area contributed by atoms with E-state index in [1.807, 2.05) is 14.2 Å². The van der Waals surface area contributed by atoms with Gasteiger partial charge in [0.25, 0.3) is 0 Å².